The zero-order valence-electron chi connectivity index (χ0n) is 25.1. The Morgan fingerprint density at radius 3 is 1.85 bits per heavy atom. The Morgan fingerprint density at radius 2 is 1.28 bits per heavy atom. The molecule has 5 aromatic carbocycles. The van der Waals surface area contributed by atoms with Gasteiger partial charge in [-0.05, 0) is 74.6 Å². The second-order valence-electron chi connectivity index (χ2n) is 11.0. The number of carbonyl (C=O) groups is 1. The van der Waals surface area contributed by atoms with E-state index in [0.717, 1.165) is 15.6 Å². The number of hydrogen-bond donors (Lipinski definition) is 1. The summed E-state index contributed by atoms with van der Waals surface area (Å²) in [5, 5.41) is 2.78. The summed E-state index contributed by atoms with van der Waals surface area (Å²) in [5.74, 6) is 0.201. The van der Waals surface area contributed by atoms with Gasteiger partial charge in [-0.15, -0.1) is 0 Å². The average Bonchev–Trinajstić information content (AvgIpc) is 3.10. The van der Waals surface area contributed by atoms with Crippen LogP contribution >= 0.6 is 15.9 Å². The lowest BCUT2D eigenvalue weighted by atomic mass is 9.96. The van der Waals surface area contributed by atoms with E-state index in [1.165, 1.54) is 23.3 Å². The molecule has 7 nitrogen and oxygen atoms in total. The van der Waals surface area contributed by atoms with Crippen molar-refractivity contribution < 1.29 is 17.9 Å². The molecule has 6 rings (SSSR count). The maximum atomic E-state index is 13.5. The van der Waals surface area contributed by atoms with Crippen LogP contribution in [0, 0.1) is 0 Å². The lowest BCUT2D eigenvalue weighted by molar-refractivity contribution is -0.118. The van der Waals surface area contributed by atoms with Crippen molar-refractivity contribution in [3.63, 3.8) is 0 Å². The average molecular weight is 697 g/mol. The molecule has 0 saturated carbocycles. The van der Waals surface area contributed by atoms with Gasteiger partial charge in [0.1, 0.15) is 5.75 Å². The van der Waals surface area contributed by atoms with Crippen LogP contribution < -0.4 is 10.1 Å². The van der Waals surface area contributed by atoms with Crippen LogP contribution in [0.3, 0.4) is 0 Å². The van der Waals surface area contributed by atoms with E-state index in [4.69, 9.17) is 4.74 Å². The lowest BCUT2D eigenvalue weighted by Crippen LogP contribution is -2.49. The van der Waals surface area contributed by atoms with Crippen molar-refractivity contribution >= 4 is 37.5 Å². The van der Waals surface area contributed by atoms with E-state index in [0.29, 0.717) is 37.6 Å². The number of amides is 1. The number of hydrogen-bond acceptors (Lipinski definition) is 5. The van der Waals surface area contributed by atoms with Gasteiger partial charge in [-0.25, -0.2) is 8.42 Å². The molecule has 1 amide bonds. The molecular weight excluding hydrogens is 662 g/mol. The normalized spacial score (nSPS) is 14.2. The predicted octanol–water partition coefficient (Wildman–Crippen LogP) is 7.23. The molecule has 0 aromatic heterocycles. The summed E-state index contributed by atoms with van der Waals surface area (Å²) < 4.78 is 35.1. The zero-order chi connectivity index (χ0) is 31.9. The summed E-state index contributed by atoms with van der Waals surface area (Å²) in [6.45, 7) is 1.78. The van der Waals surface area contributed by atoms with Gasteiger partial charge in [-0.2, -0.15) is 4.31 Å². The van der Waals surface area contributed by atoms with Crippen LogP contribution in [0.4, 0.5) is 5.69 Å². The van der Waals surface area contributed by atoms with Crippen LogP contribution in [0.25, 0.3) is 11.1 Å². The minimum absolute atomic E-state index is 0.0499. The molecule has 234 valence electrons. The Kier molecular flexibility index (Phi) is 9.94. The molecule has 0 bridgehead atoms. The van der Waals surface area contributed by atoms with E-state index in [9.17, 15) is 13.2 Å². The molecule has 0 spiro atoms. The third kappa shape index (κ3) is 7.40. The molecule has 0 radical (unpaired) electrons. The molecule has 1 fully saturated rings. The highest BCUT2D eigenvalue weighted by Gasteiger charge is 2.32. The van der Waals surface area contributed by atoms with Gasteiger partial charge in [0, 0.05) is 31.9 Å². The van der Waals surface area contributed by atoms with Gasteiger partial charge in [0.25, 0.3) is 5.91 Å². The maximum Gasteiger partial charge on any atom is 0.262 e. The summed E-state index contributed by atoms with van der Waals surface area (Å²) in [5.41, 5.74) is 4.97. The van der Waals surface area contributed by atoms with Crippen LogP contribution in [0.1, 0.15) is 17.2 Å². The van der Waals surface area contributed by atoms with Crippen LogP contribution in [-0.2, 0) is 14.8 Å². The Labute approximate surface area is 278 Å². The van der Waals surface area contributed by atoms with Crippen LogP contribution in [0.15, 0.2) is 143 Å². The highest BCUT2D eigenvalue weighted by atomic mass is 79.9. The van der Waals surface area contributed by atoms with Crippen LogP contribution in [0.2, 0.25) is 0 Å². The van der Waals surface area contributed by atoms with Crippen molar-refractivity contribution in [3.05, 3.63) is 149 Å². The van der Waals surface area contributed by atoms with E-state index in [2.05, 4.69) is 50.4 Å². The number of nitrogens with zero attached hydrogens (tertiary/aromatic N) is 2. The van der Waals surface area contributed by atoms with Crippen LogP contribution in [-0.4, -0.2) is 56.3 Å². The third-order valence-electron chi connectivity index (χ3n) is 8.04. The number of nitrogens with one attached hydrogen (secondary N) is 1. The van der Waals surface area contributed by atoms with Crippen molar-refractivity contribution in [2.75, 3.05) is 38.1 Å². The number of rotatable bonds is 10. The number of anilines is 1. The van der Waals surface area contributed by atoms with Gasteiger partial charge < -0.3 is 10.1 Å². The molecule has 1 heterocycles. The van der Waals surface area contributed by atoms with Gasteiger partial charge in [0.2, 0.25) is 10.0 Å². The summed E-state index contributed by atoms with van der Waals surface area (Å²) >= 11 is 3.53. The Morgan fingerprint density at radius 1 is 0.717 bits per heavy atom. The maximum absolute atomic E-state index is 13.5. The first-order valence-electron chi connectivity index (χ1n) is 15.1. The number of carbonyl (C=O) groups excluding carboxylic acids is 1. The summed E-state index contributed by atoms with van der Waals surface area (Å²) in [7, 11) is -3.70. The van der Waals surface area contributed by atoms with Crippen molar-refractivity contribution in [3.8, 4) is 16.9 Å². The van der Waals surface area contributed by atoms with Crippen LogP contribution in [0.5, 0.6) is 5.75 Å². The fourth-order valence-corrected chi connectivity index (χ4v) is 7.63. The Balaban J connectivity index is 1.04. The number of ether oxygens (including phenoxy) is 1. The second kappa shape index (κ2) is 14.4. The molecule has 46 heavy (non-hydrogen) atoms. The van der Waals surface area contributed by atoms with Crippen molar-refractivity contribution in [1.29, 1.82) is 0 Å². The van der Waals surface area contributed by atoms with Gasteiger partial charge in [-0.3, -0.25) is 9.69 Å². The van der Waals surface area contributed by atoms with E-state index < -0.39 is 10.0 Å². The number of benzene rings is 5. The van der Waals surface area contributed by atoms with Crippen molar-refractivity contribution in [2.45, 2.75) is 10.9 Å². The van der Waals surface area contributed by atoms with Gasteiger partial charge >= 0.3 is 0 Å². The summed E-state index contributed by atoms with van der Waals surface area (Å²) in [6, 6.07) is 42.7. The number of sulfonamides is 1. The van der Waals surface area contributed by atoms with E-state index in [-0.39, 0.29) is 23.5 Å². The predicted molar refractivity (Wildman–Crippen MR) is 185 cm³/mol. The largest absolute Gasteiger partial charge is 0.483 e. The first-order chi connectivity index (χ1) is 22.4. The molecule has 0 atom stereocenters. The molecule has 5 aromatic rings. The Bertz CT molecular complexity index is 1830. The SMILES string of the molecule is O=C(COc1ccc(-c2ccccc2)cc1Br)Nc1ccc(S(=O)(=O)N2CCN(C(c3ccccc3)c3ccccc3)CC2)cc1. The fourth-order valence-electron chi connectivity index (χ4n) is 5.71. The molecule has 1 aliphatic rings. The lowest BCUT2D eigenvalue weighted by Gasteiger charge is -2.39. The van der Waals surface area contributed by atoms with Gasteiger partial charge in [-0.1, -0.05) is 97.1 Å². The summed E-state index contributed by atoms with van der Waals surface area (Å²) in [4.78, 5) is 15.2. The molecular formula is C37H34BrN3O4S. The minimum Gasteiger partial charge on any atom is -0.483 e. The number of halogens is 1. The van der Waals surface area contributed by atoms with Crippen molar-refractivity contribution in [2.24, 2.45) is 0 Å². The molecule has 0 aliphatic carbocycles. The molecule has 1 N–H and O–H groups in total. The zero-order valence-corrected chi connectivity index (χ0v) is 27.5. The summed E-state index contributed by atoms with van der Waals surface area (Å²) in [6.07, 6.45) is 0. The minimum atomic E-state index is -3.70. The van der Waals surface area contributed by atoms with E-state index in [1.807, 2.05) is 84.9 Å². The monoisotopic (exact) mass is 695 g/mol. The quantitative estimate of drug-likeness (QED) is 0.167. The molecule has 1 saturated heterocycles. The first-order valence-corrected chi connectivity index (χ1v) is 17.3. The third-order valence-corrected chi connectivity index (χ3v) is 10.6. The standard InChI is InChI=1S/C37H34BrN3O4S/c38-34-26-31(28-10-4-1-5-11-28)16-21-35(34)45-27-36(42)39-32-17-19-33(20-18-32)46(43,44)41-24-22-40(23-25-41)37(29-12-6-2-7-13-29)30-14-8-3-9-15-30/h1-21,26,37H,22-25,27H2,(H,39,42). The first kappa shape index (κ1) is 31.7. The Hall–Kier alpha value is -4.28. The topological polar surface area (TPSA) is 78.9 Å². The van der Waals surface area contributed by atoms with Gasteiger partial charge in [0.15, 0.2) is 6.61 Å². The fraction of sp³-hybridized carbons (Fsp3) is 0.162. The molecule has 9 heteroatoms. The smallest absolute Gasteiger partial charge is 0.262 e. The van der Waals surface area contributed by atoms with E-state index in [1.54, 1.807) is 16.4 Å². The van der Waals surface area contributed by atoms with Gasteiger partial charge in [0.05, 0.1) is 15.4 Å². The van der Waals surface area contributed by atoms with E-state index >= 15 is 0 Å². The van der Waals surface area contributed by atoms with Crippen molar-refractivity contribution in [1.82, 2.24) is 9.21 Å². The highest BCUT2D eigenvalue weighted by Crippen LogP contribution is 2.32. The molecule has 0 unspecified atom stereocenters. The molecule has 1 aliphatic heterocycles. The number of piperazine rings is 1. The second-order valence-corrected chi connectivity index (χ2v) is 13.8. The highest BCUT2D eigenvalue weighted by molar-refractivity contribution is 9.10.